The standard InChI is InChI=1S/C12H21N3O3/c1-9-7-10(14-18-9)13-11(17)5-6-15(4)12(2,3)8-16/h7,16H,5-6,8H2,1-4H3,(H,13,14,17). The minimum atomic E-state index is -0.329. The fourth-order valence-electron chi connectivity index (χ4n) is 1.32. The summed E-state index contributed by atoms with van der Waals surface area (Å²) in [5.41, 5.74) is -0.329. The highest BCUT2D eigenvalue weighted by atomic mass is 16.5. The zero-order valence-corrected chi connectivity index (χ0v) is 11.4. The minimum Gasteiger partial charge on any atom is -0.394 e. The van der Waals surface area contributed by atoms with Gasteiger partial charge in [0.2, 0.25) is 5.91 Å². The van der Waals surface area contributed by atoms with Gasteiger partial charge >= 0.3 is 0 Å². The van der Waals surface area contributed by atoms with Crippen molar-refractivity contribution in [1.29, 1.82) is 0 Å². The van der Waals surface area contributed by atoms with E-state index in [1.54, 1.807) is 13.0 Å². The molecule has 0 fully saturated rings. The van der Waals surface area contributed by atoms with Crippen molar-refractivity contribution in [3.8, 4) is 0 Å². The van der Waals surface area contributed by atoms with Gasteiger partial charge in [0.15, 0.2) is 5.82 Å². The van der Waals surface area contributed by atoms with Gasteiger partial charge in [-0.3, -0.25) is 9.69 Å². The van der Waals surface area contributed by atoms with Gasteiger partial charge in [-0.25, -0.2) is 0 Å². The Morgan fingerprint density at radius 3 is 2.78 bits per heavy atom. The van der Waals surface area contributed by atoms with E-state index in [1.807, 2.05) is 25.8 Å². The van der Waals surface area contributed by atoms with E-state index in [0.29, 0.717) is 24.5 Å². The lowest BCUT2D eigenvalue weighted by Gasteiger charge is -2.33. The maximum Gasteiger partial charge on any atom is 0.226 e. The second kappa shape index (κ2) is 5.97. The number of aryl methyl sites for hydroxylation is 1. The third kappa shape index (κ3) is 4.12. The summed E-state index contributed by atoms with van der Waals surface area (Å²) in [5.74, 6) is 0.967. The molecule has 0 aliphatic heterocycles. The quantitative estimate of drug-likeness (QED) is 0.793. The molecule has 1 rings (SSSR count). The molecule has 0 unspecified atom stereocenters. The summed E-state index contributed by atoms with van der Waals surface area (Å²) in [6.07, 6.45) is 0.339. The van der Waals surface area contributed by atoms with Crippen LogP contribution in [0.4, 0.5) is 5.82 Å². The molecule has 0 saturated carbocycles. The predicted octanol–water partition coefficient (Wildman–Crippen LogP) is 1.01. The van der Waals surface area contributed by atoms with Crippen molar-refractivity contribution in [3.63, 3.8) is 0 Å². The zero-order chi connectivity index (χ0) is 13.8. The van der Waals surface area contributed by atoms with Gasteiger partial charge in [0, 0.05) is 24.6 Å². The number of aromatic nitrogens is 1. The monoisotopic (exact) mass is 255 g/mol. The minimum absolute atomic E-state index is 0.0492. The van der Waals surface area contributed by atoms with Gasteiger partial charge in [0.25, 0.3) is 0 Å². The highest BCUT2D eigenvalue weighted by molar-refractivity contribution is 5.89. The Labute approximate surface area is 107 Å². The van der Waals surface area contributed by atoms with Crippen LogP contribution in [0.1, 0.15) is 26.0 Å². The van der Waals surface area contributed by atoms with Crippen molar-refractivity contribution in [3.05, 3.63) is 11.8 Å². The summed E-state index contributed by atoms with van der Waals surface area (Å²) in [5, 5.41) is 15.5. The van der Waals surface area contributed by atoms with E-state index in [-0.39, 0.29) is 18.1 Å². The molecule has 0 saturated heterocycles. The SMILES string of the molecule is Cc1cc(NC(=O)CCN(C)C(C)(C)CO)no1. The Kier molecular flexibility index (Phi) is 4.86. The van der Waals surface area contributed by atoms with Crippen molar-refractivity contribution < 1.29 is 14.4 Å². The summed E-state index contributed by atoms with van der Waals surface area (Å²) >= 11 is 0. The van der Waals surface area contributed by atoms with Gasteiger partial charge < -0.3 is 14.9 Å². The highest BCUT2D eigenvalue weighted by Crippen LogP contribution is 2.12. The van der Waals surface area contributed by atoms with Crippen LogP contribution in [0.2, 0.25) is 0 Å². The molecule has 1 aromatic rings. The molecule has 0 aliphatic carbocycles. The molecule has 0 spiro atoms. The molecule has 0 radical (unpaired) electrons. The summed E-state index contributed by atoms with van der Waals surface area (Å²) in [4.78, 5) is 13.6. The zero-order valence-electron chi connectivity index (χ0n) is 11.4. The second-order valence-corrected chi connectivity index (χ2v) is 5.01. The van der Waals surface area contributed by atoms with Crippen LogP contribution in [-0.2, 0) is 4.79 Å². The Hall–Kier alpha value is -1.40. The van der Waals surface area contributed by atoms with Gasteiger partial charge in [-0.1, -0.05) is 5.16 Å². The molecule has 1 aromatic heterocycles. The Morgan fingerprint density at radius 1 is 1.61 bits per heavy atom. The number of likely N-dealkylation sites (N-methyl/N-ethyl adjacent to an activating group) is 1. The number of nitrogens with zero attached hydrogens (tertiary/aromatic N) is 2. The Balaban J connectivity index is 2.38. The molecule has 0 aromatic carbocycles. The molecular formula is C12H21N3O3. The van der Waals surface area contributed by atoms with Gasteiger partial charge in [0.1, 0.15) is 5.76 Å². The van der Waals surface area contributed by atoms with Crippen LogP contribution >= 0.6 is 0 Å². The third-order valence-electron chi connectivity index (χ3n) is 2.99. The molecular weight excluding hydrogens is 234 g/mol. The maximum absolute atomic E-state index is 11.7. The largest absolute Gasteiger partial charge is 0.394 e. The van der Waals surface area contributed by atoms with Gasteiger partial charge in [0.05, 0.1) is 6.61 Å². The van der Waals surface area contributed by atoms with Crippen molar-refractivity contribution in [2.45, 2.75) is 32.7 Å². The third-order valence-corrected chi connectivity index (χ3v) is 2.99. The number of carbonyl (C=O) groups is 1. The van der Waals surface area contributed by atoms with Crippen LogP contribution in [0.15, 0.2) is 10.6 Å². The van der Waals surface area contributed by atoms with Crippen molar-refractivity contribution in [2.75, 3.05) is 25.5 Å². The first-order valence-electron chi connectivity index (χ1n) is 5.90. The number of anilines is 1. The first-order chi connectivity index (χ1) is 8.35. The van der Waals surface area contributed by atoms with Crippen LogP contribution in [-0.4, -0.2) is 46.8 Å². The van der Waals surface area contributed by atoms with E-state index in [2.05, 4.69) is 10.5 Å². The molecule has 0 atom stereocenters. The number of hydrogen-bond donors (Lipinski definition) is 2. The summed E-state index contributed by atoms with van der Waals surface area (Å²) in [6, 6.07) is 1.67. The number of carbonyl (C=O) groups excluding carboxylic acids is 1. The molecule has 1 heterocycles. The summed E-state index contributed by atoms with van der Waals surface area (Å²) in [6.45, 7) is 6.22. The van der Waals surface area contributed by atoms with Crippen LogP contribution in [0.3, 0.4) is 0 Å². The van der Waals surface area contributed by atoms with E-state index >= 15 is 0 Å². The van der Waals surface area contributed by atoms with E-state index in [4.69, 9.17) is 4.52 Å². The van der Waals surface area contributed by atoms with Crippen LogP contribution < -0.4 is 5.32 Å². The van der Waals surface area contributed by atoms with Crippen molar-refractivity contribution >= 4 is 11.7 Å². The first-order valence-corrected chi connectivity index (χ1v) is 5.90. The molecule has 2 N–H and O–H groups in total. The number of hydrogen-bond acceptors (Lipinski definition) is 5. The number of nitrogens with one attached hydrogen (secondary N) is 1. The molecule has 6 heteroatoms. The average molecular weight is 255 g/mol. The molecule has 6 nitrogen and oxygen atoms in total. The van der Waals surface area contributed by atoms with Crippen LogP contribution in [0.5, 0.6) is 0 Å². The van der Waals surface area contributed by atoms with Crippen LogP contribution in [0, 0.1) is 6.92 Å². The second-order valence-electron chi connectivity index (χ2n) is 5.01. The van der Waals surface area contributed by atoms with E-state index in [9.17, 15) is 9.90 Å². The fourth-order valence-corrected chi connectivity index (χ4v) is 1.32. The average Bonchev–Trinajstić information content (AvgIpc) is 2.71. The van der Waals surface area contributed by atoms with E-state index in [0.717, 1.165) is 0 Å². The number of aliphatic hydroxyl groups is 1. The van der Waals surface area contributed by atoms with E-state index < -0.39 is 0 Å². The molecule has 0 aliphatic rings. The highest BCUT2D eigenvalue weighted by Gasteiger charge is 2.22. The Morgan fingerprint density at radius 2 is 2.28 bits per heavy atom. The summed E-state index contributed by atoms with van der Waals surface area (Å²) < 4.78 is 4.85. The first kappa shape index (κ1) is 14.7. The lowest BCUT2D eigenvalue weighted by Crippen LogP contribution is -2.45. The topological polar surface area (TPSA) is 78.6 Å². The molecule has 1 amide bonds. The smallest absolute Gasteiger partial charge is 0.226 e. The fraction of sp³-hybridized carbons (Fsp3) is 0.667. The number of amides is 1. The number of rotatable bonds is 6. The molecule has 0 bridgehead atoms. The molecule has 102 valence electrons. The Bertz CT molecular complexity index is 401. The summed E-state index contributed by atoms with van der Waals surface area (Å²) in [7, 11) is 1.88. The van der Waals surface area contributed by atoms with Gasteiger partial charge in [-0.05, 0) is 27.8 Å². The maximum atomic E-state index is 11.7. The predicted molar refractivity (Wildman–Crippen MR) is 68.3 cm³/mol. The van der Waals surface area contributed by atoms with Gasteiger partial charge in [-0.15, -0.1) is 0 Å². The molecule has 18 heavy (non-hydrogen) atoms. The van der Waals surface area contributed by atoms with Crippen molar-refractivity contribution in [1.82, 2.24) is 10.1 Å². The van der Waals surface area contributed by atoms with Crippen LogP contribution in [0.25, 0.3) is 0 Å². The van der Waals surface area contributed by atoms with E-state index in [1.165, 1.54) is 0 Å². The lowest BCUT2D eigenvalue weighted by atomic mass is 10.1. The van der Waals surface area contributed by atoms with Crippen molar-refractivity contribution in [2.24, 2.45) is 0 Å². The number of aliphatic hydroxyl groups excluding tert-OH is 1. The normalized spacial score (nSPS) is 11.9. The lowest BCUT2D eigenvalue weighted by molar-refractivity contribution is -0.116. The van der Waals surface area contributed by atoms with Gasteiger partial charge in [-0.2, -0.15) is 0 Å².